The molecule has 2 amide bonds. The fourth-order valence-electron chi connectivity index (χ4n) is 1.56. The number of carbonyl (C=O) groups excluding carboxylic acids is 2. The normalized spacial score (nSPS) is 10.1. The second-order valence-electron chi connectivity index (χ2n) is 4.21. The zero-order valence-corrected chi connectivity index (χ0v) is 13.5. The first-order chi connectivity index (χ1) is 10.1. The Kier molecular flexibility index (Phi) is 5.89. The van der Waals surface area contributed by atoms with Crippen molar-refractivity contribution in [3.8, 4) is 0 Å². The van der Waals surface area contributed by atoms with Gasteiger partial charge in [0.05, 0.1) is 5.75 Å². The summed E-state index contributed by atoms with van der Waals surface area (Å²) >= 11 is 4.72. The molecule has 0 aliphatic heterocycles. The molecule has 1 aromatic carbocycles. The van der Waals surface area contributed by atoms with Gasteiger partial charge in [0.25, 0.3) is 5.91 Å². The second-order valence-corrected chi connectivity index (χ2v) is 6.11. The van der Waals surface area contributed by atoms with Crippen molar-refractivity contribution in [2.45, 2.75) is 5.75 Å². The summed E-state index contributed by atoms with van der Waals surface area (Å²) in [6, 6.07) is 11.5. The van der Waals surface area contributed by atoms with E-state index in [2.05, 4.69) is 31.8 Å². The van der Waals surface area contributed by atoms with Crippen LogP contribution in [-0.4, -0.2) is 22.6 Å². The summed E-state index contributed by atoms with van der Waals surface area (Å²) < 4.78 is 0.775. The van der Waals surface area contributed by atoms with Gasteiger partial charge in [0.15, 0.2) is 0 Å². The highest BCUT2D eigenvalue weighted by molar-refractivity contribution is 9.10. The van der Waals surface area contributed by atoms with Gasteiger partial charge in [-0.05, 0) is 27.6 Å². The van der Waals surface area contributed by atoms with Gasteiger partial charge in [-0.2, -0.15) is 0 Å². The Morgan fingerprint density at radius 2 is 1.95 bits per heavy atom. The Labute approximate surface area is 135 Å². The second kappa shape index (κ2) is 7.90. The third-order valence-corrected chi connectivity index (χ3v) is 4.01. The zero-order chi connectivity index (χ0) is 15.1. The van der Waals surface area contributed by atoms with Gasteiger partial charge in [-0.15, -0.1) is 11.8 Å². The van der Waals surface area contributed by atoms with Gasteiger partial charge in [0, 0.05) is 16.4 Å². The number of halogens is 1. The largest absolute Gasteiger partial charge is 0.356 e. The highest BCUT2D eigenvalue weighted by Crippen LogP contribution is 2.11. The minimum atomic E-state index is -0.387. The van der Waals surface area contributed by atoms with E-state index in [0.29, 0.717) is 5.69 Å². The summed E-state index contributed by atoms with van der Waals surface area (Å²) in [6.07, 6.45) is 1.65. The Morgan fingerprint density at radius 3 is 2.62 bits per heavy atom. The van der Waals surface area contributed by atoms with Crippen molar-refractivity contribution in [3.63, 3.8) is 0 Å². The van der Waals surface area contributed by atoms with Crippen molar-refractivity contribution in [3.05, 3.63) is 58.3 Å². The van der Waals surface area contributed by atoms with E-state index in [1.165, 1.54) is 11.8 Å². The number of carbonyl (C=O) groups is 2. The molecule has 0 unspecified atom stereocenters. The van der Waals surface area contributed by atoms with Crippen molar-refractivity contribution in [2.75, 3.05) is 5.75 Å². The Hall–Kier alpha value is -1.73. The molecule has 1 aromatic heterocycles. The van der Waals surface area contributed by atoms with Crippen molar-refractivity contribution in [1.82, 2.24) is 15.8 Å². The number of hydrogen-bond acceptors (Lipinski definition) is 3. The molecule has 3 N–H and O–H groups in total. The molecule has 0 spiro atoms. The van der Waals surface area contributed by atoms with Crippen molar-refractivity contribution in [2.24, 2.45) is 0 Å². The van der Waals surface area contributed by atoms with Gasteiger partial charge in [-0.1, -0.05) is 30.3 Å². The van der Waals surface area contributed by atoms with Crippen molar-refractivity contribution < 1.29 is 9.59 Å². The van der Waals surface area contributed by atoms with Gasteiger partial charge in [-0.3, -0.25) is 20.4 Å². The van der Waals surface area contributed by atoms with E-state index in [1.54, 1.807) is 12.3 Å². The maximum absolute atomic E-state index is 11.7. The molecule has 0 radical (unpaired) electrons. The highest BCUT2D eigenvalue weighted by Gasteiger charge is 2.09. The van der Waals surface area contributed by atoms with Gasteiger partial charge in [-0.25, -0.2) is 0 Å². The smallest absolute Gasteiger partial charge is 0.286 e. The van der Waals surface area contributed by atoms with E-state index in [1.807, 2.05) is 30.3 Å². The highest BCUT2D eigenvalue weighted by atomic mass is 79.9. The van der Waals surface area contributed by atoms with Crippen LogP contribution in [0.15, 0.2) is 47.1 Å². The third-order valence-electron chi connectivity index (χ3n) is 2.55. The summed E-state index contributed by atoms with van der Waals surface area (Å²) in [7, 11) is 0. The quantitative estimate of drug-likeness (QED) is 0.710. The summed E-state index contributed by atoms with van der Waals surface area (Å²) in [6.45, 7) is 0. The van der Waals surface area contributed by atoms with Crippen LogP contribution in [0.3, 0.4) is 0 Å². The maximum atomic E-state index is 11.7. The number of aromatic amines is 1. The van der Waals surface area contributed by atoms with Crippen LogP contribution in [0.5, 0.6) is 0 Å². The molecule has 0 aliphatic rings. The van der Waals surface area contributed by atoms with Crippen LogP contribution in [0, 0.1) is 0 Å². The molecule has 0 aliphatic carbocycles. The third kappa shape index (κ3) is 5.28. The molecular formula is C14H14BrN3O2S. The summed E-state index contributed by atoms with van der Waals surface area (Å²) in [5, 5.41) is 0. The molecule has 5 nitrogen and oxygen atoms in total. The van der Waals surface area contributed by atoms with Crippen LogP contribution in [0.25, 0.3) is 0 Å². The lowest BCUT2D eigenvalue weighted by atomic mass is 10.2. The number of amides is 2. The maximum Gasteiger partial charge on any atom is 0.286 e. The lowest BCUT2D eigenvalue weighted by Gasteiger charge is -2.06. The summed E-state index contributed by atoms with van der Waals surface area (Å²) in [5.41, 5.74) is 6.28. The lowest BCUT2D eigenvalue weighted by Crippen LogP contribution is -2.42. The molecule has 0 saturated carbocycles. The van der Waals surface area contributed by atoms with Crippen LogP contribution in [0.2, 0.25) is 0 Å². The van der Waals surface area contributed by atoms with E-state index >= 15 is 0 Å². The van der Waals surface area contributed by atoms with Crippen LogP contribution in [0.1, 0.15) is 16.1 Å². The van der Waals surface area contributed by atoms with Crippen LogP contribution >= 0.6 is 27.7 Å². The first-order valence-electron chi connectivity index (χ1n) is 6.20. The fraction of sp³-hybridized carbons (Fsp3) is 0.143. The van der Waals surface area contributed by atoms with E-state index in [-0.39, 0.29) is 17.6 Å². The lowest BCUT2D eigenvalue weighted by molar-refractivity contribution is -0.119. The monoisotopic (exact) mass is 367 g/mol. The number of H-pyrrole nitrogens is 1. The number of thioether (sulfide) groups is 1. The minimum Gasteiger partial charge on any atom is -0.356 e. The number of rotatable bonds is 5. The average molecular weight is 368 g/mol. The van der Waals surface area contributed by atoms with E-state index < -0.39 is 0 Å². The molecule has 2 rings (SSSR count). The summed E-state index contributed by atoms with van der Waals surface area (Å²) in [5.74, 6) is 0.409. The number of hydrazine groups is 1. The first kappa shape index (κ1) is 15.7. The van der Waals surface area contributed by atoms with Crippen molar-refractivity contribution in [1.29, 1.82) is 0 Å². The van der Waals surface area contributed by atoms with Gasteiger partial charge >= 0.3 is 0 Å². The van der Waals surface area contributed by atoms with Crippen LogP contribution in [-0.2, 0) is 10.5 Å². The SMILES string of the molecule is O=C(CSCc1ccccc1)NNC(=O)c1cc(Br)c[nH]1. The van der Waals surface area contributed by atoms with Crippen molar-refractivity contribution >= 4 is 39.5 Å². The van der Waals surface area contributed by atoms with Gasteiger partial charge in [0.2, 0.25) is 5.91 Å². The average Bonchev–Trinajstić information content (AvgIpc) is 2.92. The molecule has 0 atom stereocenters. The molecule has 110 valence electrons. The van der Waals surface area contributed by atoms with E-state index in [4.69, 9.17) is 0 Å². The molecule has 2 aromatic rings. The Balaban J connectivity index is 1.67. The first-order valence-corrected chi connectivity index (χ1v) is 8.14. The van der Waals surface area contributed by atoms with Crippen LogP contribution in [0.4, 0.5) is 0 Å². The Morgan fingerprint density at radius 1 is 1.19 bits per heavy atom. The molecule has 0 bridgehead atoms. The molecule has 1 heterocycles. The van der Waals surface area contributed by atoms with Crippen LogP contribution < -0.4 is 10.9 Å². The molecule has 0 fully saturated rings. The molecule has 7 heteroatoms. The van der Waals surface area contributed by atoms with Gasteiger partial charge < -0.3 is 4.98 Å². The zero-order valence-electron chi connectivity index (χ0n) is 11.1. The van der Waals surface area contributed by atoms with Gasteiger partial charge in [0.1, 0.15) is 5.69 Å². The number of hydrogen-bond donors (Lipinski definition) is 3. The molecule has 21 heavy (non-hydrogen) atoms. The standard InChI is InChI=1S/C14H14BrN3O2S/c15-11-6-12(16-7-11)14(20)18-17-13(19)9-21-8-10-4-2-1-3-5-10/h1-7,16H,8-9H2,(H,17,19)(H,18,20). The minimum absolute atomic E-state index is 0.241. The number of aromatic nitrogens is 1. The topological polar surface area (TPSA) is 74.0 Å². The predicted molar refractivity (Wildman–Crippen MR) is 86.7 cm³/mol. The fourth-order valence-corrected chi connectivity index (χ4v) is 2.70. The predicted octanol–water partition coefficient (Wildman–Crippen LogP) is 2.47. The van der Waals surface area contributed by atoms with E-state index in [9.17, 15) is 9.59 Å². The summed E-state index contributed by atoms with van der Waals surface area (Å²) in [4.78, 5) is 26.1. The Bertz CT molecular complexity index is 616. The van der Waals surface area contributed by atoms with E-state index in [0.717, 1.165) is 15.8 Å². The molecular weight excluding hydrogens is 354 g/mol. The number of nitrogens with one attached hydrogen (secondary N) is 3. The molecule has 0 saturated heterocycles. The number of benzene rings is 1.